The molecule has 1 aliphatic carbocycles. The topological polar surface area (TPSA) is 38.1 Å². The number of allylic oxidation sites excluding steroid dienone is 2. The number of amides is 1. The van der Waals surface area contributed by atoms with E-state index in [0.717, 1.165) is 24.2 Å². The van der Waals surface area contributed by atoms with Gasteiger partial charge in [0.2, 0.25) is 5.91 Å². The second-order valence-corrected chi connectivity index (χ2v) is 6.36. The molecule has 0 aliphatic heterocycles. The van der Waals surface area contributed by atoms with Crippen molar-refractivity contribution in [2.45, 2.75) is 59.5 Å². The van der Waals surface area contributed by atoms with E-state index >= 15 is 0 Å². The van der Waals surface area contributed by atoms with E-state index in [0.29, 0.717) is 18.9 Å². The molecule has 0 saturated carbocycles. The van der Waals surface area contributed by atoms with Crippen molar-refractivity contribution in [3.63, 3.8) is 0 Å². The fourth-order valence-corrected chi connectivity index (χ4v) is 2.98. The molecule has 1 heterocycles. The molecule has 1 aromatic rings. The summed E-state index contributed by atoms with van der Waals surface area (Å²) in [5.41, 5.74) is 3.35. The molecule has 116 valence electrons. The summed E-state index contributed by atoms with van der Waals surface area (Å²) in [5, 5.41) is 4.45. The van der Waals surface area contributed by atoms with Crippen LogP contribution in [0.1, 0.15) is 50.1 Å². The van der Waals surface area contributed by atoms with Crippen molar-refractivity contribution in [3.8, 4) is 0 Å². The standard InChI is InChI=1S/C17H27N3O/c1-12(2)20(17(21)10-15-8-6-7-9-15)11-16-13(3)18-19(5)14(16)4/h6,8,12,15H,7,9-11H2,1-5H3/t15-/m1/s1. The van der Waals surface area contributed by atoms with Gasteiger partial charge in [-0.1, -0.05) is 12.2 Å². The number of aryl methyl sites for hydroxylation is 2. The van der Waals surface area contributed by atoms with Gasteiger partial charge in [0.25, 0.3) is 0 Å². The number of rotatable bonds is 5. The minimum Gasteiger partial charge on any atom is -0.336 e. The summed E-state index contributed by atoms with van der Waals surface area (Å²) in [5.74, 6) is 0.680. The predicted molar refractivity (Wildman–Crippen MR) is 84.8 cm³/mol. The molecule has 4 heteroatoms. The van der Waals surface area contributed by atoms with Crippen LogP contribution in [0.5, 0.6) is 0 Å². The summed E-state index contributed by atoms with van der Waals surface area (Å²) in [7, 11) is 1.96. The van der Waals surface area contributed by atoms with Crippen LogP contribution in [-0.4, -0.2) is 26.6 Å². The lowest BCUT2D eigenvalue weighted by atomic mass is 10.0. The molecule has 0 N–H and O–H groups in total. The van der Waals surface area contributed by atoms with E-state index in [9.17, 15) is 4.79 Å². The van der Waals surface area contributed by atoms with Gasteiger partial charge >= 0.3 is 0 Å². The summed E-state index contributed by atoms with van der Waals surface area (Å²) in [4.78, 5) is 14.6. The van der Waals surface area contributed by atoms with Crippen molar-refractivity contribution in [2.24, 2.45) is 13.0 Å². The molecular weight excluding hydrogens is 262 g/mol. The smallest absolute Gasteiger partial charge is 0.223 e. The van der Waals surface area contributed by atoms with Crippen LogP contribution in [0.15, 0.2) is 12.2 Å². The van der Waals surface area contributed by atoms with Crippen molar-refractivity contribution in [1.29, 1.82) is 0 Å². The zero-order valence-electron chi connectivity index (χ0n) is 13.9. The zero-order valence-corrected chi connectivity index (χ0v) is 13.9. The van der Waals surface area contributed by atoms with Crippen molar-refractivity contribution in [3.05, 3.63) is 29.1 Å². The fourth-order valence-electron chi connectivity index (χ4n) is 2.98. The van der Waals surface area contributed by atoms with Gasteiger partial charge < -0.3 is 4.90 Å². The third-order valence-electron chi connectivity index (χ3n) is 4.48. The molecule has 0 fully saturated rings. The van der Waals surface area contributed by atoms with E-state index in [2.05, 4.69) is 38.0 Å². The van der Waals surface area contributed by atoms with Gasteiger partial charge in [0.1, 0.15) is 0 Å². The first-order valence-corrected chi connectivity index (χ1v) is 7.85. The lowest BCUT2D eigenvalue weighted by Gasteiger charge is -2.28. The summed E-state index contributed by atoms with van der Waals surface area (Å²) in [6, 6.07) is 0.210. The van der Waals surface area contributed by atoms with Gasteiger partial charge in [0.15, 0.2) is 0 Å². The largest absolute Gasteiger partial charge is 0.336 e. The Balaban J connectivity index is 2.11. The summed E-state index contributed by atoms with van der Waals surface area (Å²) in [6.07, 6.45) is 7.24. The number of hydrogen-bond donors (Lipinski definition) is 0. The molecule has 21 heavy (non-hydrogen) atoms. The minimum atomic E-state index is 0.210. The van der Waals surface area contributed by atoms with E-state index in [1.165, 1.54) is 5.56 Å². The first kappa shape index (κ1) is 15.8. The Kier molecular flexibility index (Phi) is 4.86. The van der Waals surface area contributed by atoms with Crippen LogP contribution in [0, 0.1) is 19.8 Å². The molecule has 0 aromatic carbocycles. The van der Waals surface area contributed by atoms with E-state index in [1.807, 2.05) is 23.6 Å². The Morgan fingerprint density at radius 1 is 1.48 bits per heavy atom. The Morgan fingerprint density at radius 3 is 2.67 bits per heavy atom. The Bertz CT molecular complexity index is 542. The van der Waals surface area contributed by atoms with Crippen LogP contribution in [-0.2, 0) is 18.4 Å². The van der Waals surface area contributed by atoms with E-state index < -0.39 is 0 Å². The Labute approximate surface area is 127 Å². The SMILES string of the molecule is Cc1nn(C)c(C)c1CN(C(=O)C[C@@H]1C=CCC1)C(C)C. The van der Waals surface area contributed by atoms with Crippen LogP contribution < -0.4 is 0 Å². The Hall–Kier alpha value is -1.58. The summed E-state index contributed by atoms with van der Waals surface area (Å²) in [6.45, 7) is 8.92. The molecular formula is C17H27N3O. The average molecular weight is 289 g/mol. The average Bonchev–Trinajstić information content (AvgIpc) is 2.98. The van der Waals surface area contributed by atoms with Crippen LogP contribution in [0.4, 0.5) is 0 Å². The maximum absolute atomic E-state index is 12.6. The quantitative estimate of drug-likeness (QED) is 0.781. The lowest BCUT2D eigenvalue weighted by molar-refractivity contribution is -0.134. The molecule has 1 aliphatic rings. The Morgan fingerprint density at radius 2 is 2.19 bits per heavy atom. The number of hydrogen-bond acceptors (Lipinski definition) is 2. The molecule has 1 aromatic heterocycles. The number of carbonyl (C=O) groups is 1. The third-order valence-corrected chi connectivity index (χ3v) is 4.48. The van der Waals surface area contributed by atoms with Crippen LogP contribution in [0.2, 0.25) is 0 Å². The monoisotopic (exact) mass is 289 g/mol. The summed E-state index contributed by atoms with van der Waals surface area (Å²) >= 11 is 0. The number of aromatic nitrogens is 2. The molecule has 4 nitrogen and oxygen atoms in total. The van der Waals surface area contributed by atoms with Gasteiger partial charge in [-0.3, -0.25) is 9.48 Å². The molecule has 2 rings (SSSR count). The number of nitrogens with zero attached hydrogens (tertiary/aromatic N) is 3. The predicted octanol–water partition coefficient (Wildman–Crippen LogP) is 3.13. The first-order chi connectivity index (χ1) is 9.90. The van der Waals surface area contributed by atoms with Gasteiger partial charge in [-0.15, -0.1) is 0 Å². The lowest BCUT2D eigenvalue weighted by Crippen LogP contribution is -2.37. The van der Waals surface area contributed by atoms with E-state index in [1.54, 1.807) is 0 Å². The van der Waals surface area contributed by atoms with Gasteiger partial charge in [-0.2, -0.15) is 5.10 Å². The first-order valence-electron chi connectivity index (χ1n) is 7.85. The maximum Gasteiger partial charge on any atom is 0.223 e. The van der Waals surface area contributed by atoms with Crippen molar-refractivity contribution >= 4 is 5.91 Å². The minimum absolute atomic E-state index is 0.210. The summed E-state index contributed by atoms with van der Waals surface area (Å²) < 4.78 is 1.90. The van der Waals surface area contributed by atoms with Crippen LogP contribution in [0.25, 0.3) is 0 Å². The maximum atomic E-state index is 12.6. The highest BCUT2D eigenvalue weighted by Crippen LogP contribution is 2.23. The normalized spacial score (nSPS) is 17.7. The van der Waals surface area contributed by atoms with Gasteiger partial charge in [-0.25, -0.2) is 0 Å². The molecule has 1 atom stereocenters. The van der Waals surface area contributed by atoms with E-state index in [-0.39, 0.29) is 11.9 Å². The van der Waals surface area contributed by atoms with Gasteiger partial charge in [0, 0.05) is 37.3 Å². The molecule has 0 radical (unpaired) electrons. The highest BCUT2D eigenvalue weighted by Gasteiger charge is 2.23. The van der Waals surface area contributed by atoms with Crippen molar-refractivity contribution < 1.29 is 4.79 Å². The van der Waals surface area contributed by atoms with Crippen molar-refractivity contribution in [2.75, 3.05) is 0 Å². The van der Waals surface area contributed by atoms with Crippen molar-refractivity contribution in [1.82, 2.24) is 14.7 Å². The molecule has 1 amide bonds. The highest BCUT2D eigenvalue weighted by atomic mass is 16.2. The fraction of sp³-hybridized carbons (Fsp3) is 0.647. The number of carbonyl (C=O) groups excluding carboxylic acids is 1. The second kappa shape index (κ2) is 6.46. The third kappa shape index (κ3) is 3.55. The van der Waals surface area contributed by atoms with Gasteiger partial charge in [0.05, 0.1) is 5.69 Å². The van der Waals surface area contributed by atoms with Crippen LogP contribution >= 0.6 is 0 Å². The van der Waals surface area contributed by atoms with Crippen LogP contribution in [0.3, 0.4) is 0 Å². The molecule has 0 bridgehead atoms. The second-order valence-electron chi connectivity index (χ2n) is 6.36. The highest BCUT2D eigenvalue weighted by molar-refractivity contribution is 5.77. The molecule has 0 unspecified atom stereocenters. The van der Waals surface area contributed by atoms with Gasteiger partial charge in [-0.05, 0) is 46.5 Å². The molecule has 0 spiro atoms. The molecule has 0 saturated heterocycles. The zero-order chi connectivity index (χ0) is 15.6. The van der Waals surface area contributed by atoms with E-state index in [4.69, 9.17) is 0 Å².